The van der Waals surface area contributed by atoms with E-state index in [0.717, 1.165) is 13.2 Å². The van der Waals surface area contributed by atoms with Crippen molar-refractivity contribution in [2.75, 3.05) is 13.2 Å². The van der Waals surface area contributed by atoms with Crippen LogP contribution >= 0.6 is 0 Å². The van der Waals surface area contributed by atoms with Crippen molar-refractivity contribution >= 4 is 0 Å². The Bertz CT molecular complexity index is 243. The molecule has 1 atom stereocenters. The Morgan fingerprint density at radius 3 is 2.53 bits per heavy atom. The summed E-state index contributed by atoms with van der Waals surface area (Å²) >= 11 is 0. The van der Waals surface area contributed by atoms with Crippen LogP contribution in [0.1, 0.15) is 44.6 Å². The van der Waals surface area contributed by atoms with E-state index in [1.54, 1.807) is 0 Å². The summed E-state index contributed by atoms with van der Waals surface area (Å²) in [5, 5.41) is 0. The molecule has 84 valence electrons. The minimum Gasteiger partial charge on any atom is -0.381 e. The van der Waals surface area contributed by atoms with Gasteiger partial charge in [0.2, 0.25) is 0 Å². The third kappa shape index (κ3) is 4.98. The highest BCUT2D eigenvalue weighted by molar-refractivity contribution is 5.18. The van der Waals surface area contributed by atoms with Gasteiger partial charge in [-0.05, 0) is 12.0 Å². The minimum absolute atomic E-state index is 0.507. The second-order valence-corrected chi connectivity index (χ2v) is 4.09. The van der Waals surface area contributed by atoms with E-state index in [1.165, 1.54) is 24.8 Å². The Kier molecular flexibility index (Phi) is 6.10. The van der Waals surface area contributed by atoms with Gasteiger partial charge in [0.25, 0.3) is 0 Å². The maximum atomic E-state index is 5.65. The number of hydrogen-bond donors (Lipinski definition) is 0. The molecule has 0 N–H and O–H groups in total. The molecule has 0 aromatic heterocycles. The number of rotatable bonds is 7. The lowest BCUT2D eigenvalue weighted by molar-refractivity contribution is 0.120. The molecule has 0 aliphatic heterocycles. The highest BCUT2D eigenvalue weighted by Gasteiger charge is 2.03. The molecule has 0 aliphatic rings. The largest absolute Gasteiger partial charge is 0.381 e. The van der Waals surface area contributed by atoms with Gasteiger partial charge >= 0.3 is 0 Å². The second-order valence-electron chi connectivity index (χ2n) is 4.09. The lowest BCUT2D eigenvalue weighted by Gasteiger charge is -2.12. The SMILES string of the molecule is CCCCCOCC(C)c1ccccc1. The van der Waals surface area contributed by atoms with Gasteiger partial charge in [-0.25, -0.2) is 0 Å². The van der Waals surface area contributed by atoms with E-state index in [0.29, 0.717) is 5.92 Å². The highest BCUT2D eigenvalue weighted by atomic mass is 16.5. The van der Waals surface area contributed by atoms with Gasteiger partial charge in [0.15, 0.2) is 0 Å². The van der Waals surface area contributed by atoms with Crippen molar-refractivity contribution in [1.82, 2.24) is 0 Å². The topological polar surface area (TPSA) is 9.23 Å². The fraction of sp³-hybridized carbons (Fsp3) is 0.571. The molecular formula is C14H22O. The maximum absolute atomic E-state index is 5.65. The second kappa shape index (κ2) is 7.47. The average molecular weight is 206 g/mol. The summed E-state index contributed by atoms with van der Waals surface area (Å²) in [6, 6.07) is 10.6. The molecule has 0 bridgehead atoms. The molecule has 0 heterocycles. The third-order valence-corrected chi connectivity index (χ3v) is 2.63. The van der Waals surface area contributed by atoms with Gasteiger partial charge < -0.3 is 4.74 Å². The normalized spacial score (nSPS) is 12.7. The summed E-state index contributed by atoms with van der Waals surface area (Å²) in [6.45, 7) is 6.18. The molecule has 0 saturated carbocycles. The zero-order valence-corrected chi connectivity index (χ0v) is 9.91. The van der Waals surface area contributed by atoms with Crippen LogP contribution < -0.4 is 0 Å². The molecule has 0 saturated heterocycles. The van der Waals surface area contributed by atoms with Crippen LogP contribution in [-0.2, 0) is 4.74 Å². The van der Waals surface area contributed by atoms with Gasteiger partial charge in [0.05, 0.1) is 6.61 Å². The maximum Gasteiger partial charge on any atom is 0.0532 e. The highest BCUT2D eigenvalue weighted by Crippen LogP contribution is 2.14. The molecule has 0 aliphatic carbocycles. The molecule has 1 unspecified atom stereocenters. The van der Waals surface area contributed by atoms with Crippen LogP contribution in [0, 0.1) is 0 Å². The average Bonchev–Trinajstić information content (AvgIpc) is 2.30. The van der Waals surface area contributed by atoms with Crippen molar-refractivity contribution < 1.29 is 4.74 Å². The number of ether oxygens (including phenoxy) is 1. The molecule has 0 fully saturated rings. The minimum atomic E-state index is 0.507. The Morgan fingerprint density at radius 1 is 1.13 bits per heavy atom. The summed E-state index contributed by atoms with van der Waals surface area (Å²) in [5.74, 6) is 0.507. The molecule has 15 heavy (non-hydrogen) atoms. The smallest absolute Gasteiger partial charge is 0.0532 e. The van der Waals surface area contributed by atoms with Crippen LogP contribution in [0.5, 0.6) is 0 Å². The Morgan fingerprint density at radius 2 is 1.87 bits per heavy atom. The van der Waals surface area contributed by atoms with Crippen molar-refractivity contribution in [1.29, 1.82) is 0 Å². The Hall–Kier alpha value is -0.820. The third-order valence-electron chi connectivity index (χ3n) is 2.63. The lowest BCUT2D eigenvalue weighted by atomic mass is 10.0. The monoisotopic (exact) mass is 206 g/mol. The summed E-state index contributed by atoms with van der Waals surface area (Å²) in [4.78, 5) is 0. The van der Waals surface area contributed by atoms with E-state index < -0.39 is 0 Å². The summed E-state index contributed by atoms with van der Waals surface area (Å²) in [7, 11) is 0. The van der Waals surface area contributed by atoms with E-state index in [1.807, 2.05) is 0 Å². The molecule has 1 nitrogen and oxygen atoms in total. The Balaban J connectivity index is 2.16. The van der Waals surface area contributed by atoms with E-state index in [-0.39, 0.29) is 0 Å². The fourth-order valence-electron chi connectivity index (χ4n) is 1.59. The summed E-state index contributed by atoms with van der Waals surface area (Å²) in [6.07, 6.45) is 3.73. The quantitative estimate of drug-likeness (QED) is 0.613. The predicted octanol–water partition coefficient (Wildman–Crippen LogP) is 4.00. The molecule has 1 aromatic carbocycles. The van der Waals surface area contributed by atoms with Gasteiger partial charge in [0.1, 0.15) is 0 Å². The van der Waals surface area contributed by atoms with Crippen LogP contribution in [0.15, 0.2) is 30.3 Å². The van der Waals surface area contributed by atoms with Crippen molar-refractivity contribution in [3.63, 3.8) is 0 Å². The first-order chi connectivity index (χ1) is 7.34. The first-order valence-electron chi connectivity index (χ1n) is 5.97. The lowest BCUT2D eigenvalue weighted by Crippen LogP contribution is -2.05. The summed E-state index contributed by atoms with van der Waals surface area (Å²) in [5.41, 5.74) is 1.37. The van der Waals surface area contributed by atoms with Gasteiger partial charge in [-0.2, -0.15) is 0 Å². The van der Waals surface area contributed by atoms with Crippen LogP contribution in [0.3, 0.4) is 0 Å². The summed E-state index contributed by atoms with van der Waals surface area (Å²) < 4.78 is 5.65. The van der Waals surface area contributed by atoms with Crippen LogP contribution in [0.2, 0.25) is 0 Å². The predicted molar refractivity (Wildman–Crippen MR) is 65.2 cm³/mol. The van der Waals surface area contributed by atoms with E-state index in [4.69, 9.17) is 4.74 Å². The van der Waals surface area contributed by atoms with Gasteiger partial charge in [0, 0.05) is 12.5 Å². The number of benzene rings is 1. The zero-order chi connectivity index (χ0) is 10.9. The van der Waals surface area contributed by atoms with Crippen molar-refractivity contribution in [2.24, 2.45) is 0 Å². The van der Waals surface area contributed by atoms with E-state index >= 15 is 0 Å². The van der Waals surface area contributed by atoms with Gasteiger partial charge in [-0.1, -0.05) is 57.0 Å². The van der Waals surface area contributed by atoms with E-state index in [9.17, 15) is 0 Å². The Labute approximate surface area is 93.5 Å². The standard InChI is InChI=1S/C14H22O/c1-3-4-8-11-15-12-13(2)14-9-6-5-7-10-14/h5-7,9-10,13H,3-4,8,11-12H2,1-2H3. The number of hydrogen-bond acceptors (Lipinski definition) is 1. The zero-order valence-electron chi connectivity index (χ0n) is 9.91. The molecule has 1 aromatic rings. The fourth-order valence-corrected chi connectivity index (χ4v) is 1.59. The van der Waals surface area contributed by atoms with Crippen LogP contribution in [-0.4, -0.2) is 13.2 Å². The van der Waals surface area contributed by atoms with Crippen molar-refractivity contribution in [3.8, 4) is 0 Å². The molecule has 0 spiro atoms. The van der Waals surface area contributed by atoms with Crippen LogP contribution in [0.4, 0.5) is 0 Å². The molecular weight excluding hydrogens is 184 g/mol. The van der Waals surface area contributed by atoms with Gasteiger partial charge in [-0.3, -0.25) is 0 Å². The first-order valence-corrected chi connectivity index (χ1v) is 5.97. The van der Waals surface area contributed by atoms with Crippen molar-refractivity contribution in [3.05, 3.63) is 35.9 Å². The first kappa shape index (κ1) is 12.3. The van der Waals surface area contributed by atoms with Gasteiger partial charge in [-0.15, -0.1) is 0 Å². The molecule has 0 radical (unpaired) electrons. The molecule has 1 rings (SSSR count). The number of unbranched alkanes of at least 4 members (excludes halogenated alkanes) is 2. The van der Waals surface area contributed by atoms with Crippen molar-refractivity contribution in [2.45, 2.75) is 39.0 Å². The van der Waals surface area contributed by atoms with Crippen LogP contribution in [0.25, 0.3) is 0 Å². The molecule has 1 heteroatoms. The molecule has 0 amide bonds. The van der Waals surface area contributed by atoms with E-state index in [2.05, 4.69) is 44.2 Å².